The Balaban J connectivity index is 2.30. The number of anilines is 2. The molecule has 0 aliphatic rings. The Morgan fingerprint density at radius 1 is 1.33 bits per heavy atom. The van der Waals surface area contributed by atoms with Crippen molar-refractivity contribution in [3.63, 3.8) is 0 Å². The maximum Gasteiger partial charge on any atom is 0.372 e. The predicted octanol–water partition coefficient (Wildman–Crippen LogP) is 2.15. The third kappa shape index (κ3) is 3.16. The van der Waals surface area contributed by atoms with Gasteiger partial charge < -0.3 is 15.8 Å². The van der Waals surface area contributed by atoms with Crippen molar-refractivity contribution in [3.8, 4) is 5.88 Å². The quantitative estimate of drug-likeness (QED) is 0.492. The number of aromatic nitrogens is 2. The Kier molecular flexibility index (Phi) is 4.17. The molecular weight excluding hydrogens is 274 g/mol. The summed E-state index contributed by atoms with van der Waals surface area (Å²) in [5.74, 6) is 0.0261. The van der Waals surface area contributed by atoms with Gasteiger partial charge in [-0.2, -0.15) is 4.98 Å². The highest BCUT2D eigenvalue weighted by Gasteiger charge is 2.25. The minimum absolute atomic E-state index is 0.0815. The van der Waals surface area contributed by atoms with Gasteiger partial charge in [0.1, 0.15) is 6.33 Å². The summed E-state index contributed by atoms with van der Waals surface area (Å²) >= 11 is 0. The monoisotopic (exact) mass is 289 g/mol. The molecule has 0 saturated heterocycles. The first-order valence-corrected chi connectivity index (χ1v) is 6.18. The molecule has 0 bridgehead atoms. The van der Waals surface area contributed by atoms with Crippen LogP contribution >= 0.6 is 0 Å². The van der Waals surface area contributed by atoms with Gasteiger partial charge in [-0.25, -0.2) is 4.98 Å². The summed E-state index contributed by atoms with van der Waals surface area (Å²) in [5, 5.41) is 14.1. The van der Waals surface area contributed by atoms with Gasteiger partial charge in [0.15, 0.2) is 0 Å². The number of nitrogens with one attached hydrogen (secondary N) is 1. The Morgan fingerprint density at radius 2 is 2.00 bits per heavy atom. The number of benzene rings is 1. The van der Waals surface area contributed by atoms with Crippen LogP contribution in [0.3, 0.4) is 0 Å². The van der Waals surface area contributed by atoms with Crippen molar-refractivity contribution in [2.75, 3.05) is 18.2 Å². The van der Waals surface area contributed by atoms with Crippen molar-refractivity contribution in [1.82, 2.24) is 9.97 Å². The second kappa shape index (κ2) is 6.04. The molecule has 0 aliphatic heterocycles. The van der Waals surface area contributed by atoms with E-state index in [2.05, 4.69) is 15.3 Å². The molecule has 0 spiro atoms. The summed E-state index contributed by atoms with van der Waals surface area (Å²) in [4.78, 5) is 18.2. The maximum absolute atomic E-state index is 11.2. The smallest absolute Gasteiger partial charge is 0.372 e. The minimum atomic E-state index is -0.573. The summed E-state index contributed by atoms with van der Waals surface area (Å²) in [6.45, 7) is 1.86. The third-order valence-corrected chi connectivity index (χ3v) is 2.95. The van der Waals surface area contributed by atoms with Gasteiger partial charge in [-0.3, -0.25) is 10.1 Å². The average molecular weight is 289 g/mol. The fraction of sp³-hybridized carbons (Fsp3) is 0.231. The van der Waals surface area contributed by atoms with Crippen LogP contribution in [-0.2, 0) is 0 Å². The zero-order valence-electron chi connectivity index (χ0n) is 11.6. The van der Waals surface area contributed by atoms with Gasteiger partial charge >= 0.3 is 5.69 Å². The van der Waals surface area contributed by atoms with E-state index in [9.17, 15) is 10.1 Å². The van der Waals surface area contributed by atoms with Crippen LogP contribution in [0.5, 0.6) is 5.88 Å². The Morgan fingerprint density at radius 3 is 2.57 bits per heavy atom. The molecule has 0 aliphatic carbocycles. The molecule has 8 heteroatoms. The van der Waals surface area contributed by atoms with E-state index in [1.54, 1.807) is 12.1 Å². The van der Waals surface area contributed by atoms with Crippen molar-refractivity contribution in [3.05, 3.63) is 46.3 Å². The largest absolute Gasteiger partial charge is 0.476 e. The minimum Gasteiger partial charge on any atom is -0.476 e. The Hall–Kier alpha value is -2.90. The first-order valence-electron chi connectivity index (χ1n) is 6.18. The van der Waals surface area contributed by atoms with Gasteiger partial charge in [0.2, 0.25) is 5.82 Å². The van der Waals surface area contributed by atoms with E-state index >= 15 is 0 Å². The average Bonchev–Trinajstić information content (AvgIpc) is 2.47. The lowest BCUT2D eigenvalue weighted by Gasteiger charge is -2.15. The molecule has 8 nitrogen and oxygen atoms in total. The number of hydrogen-bond donors (Lipinski definition) is 2. The van der Waals surface area contributed by atoms with Gasteiger partial charge in [-0.15, -0.1) is 0 Å². The van der Waals surface area contributed by atoms with E-state index < -0.39 is 4.92 Å². The van der Waals surface area contributed by atoms with Crippen LogP contribution in [0.25, 0.3) is 0 Å². The van der Waals surface area contributed by atoms with Crippen molar-refractivity contribution >= 4 is 17.2 Å². The molecule has 0 radical (unpaired) electrons. The molecule has 1 aromatic carbocycles. The Labute approximate surface area is 121 Å². The third-order valence-electron chi connectivity index (χ3n) is 2.95. The van der Waals surface area contributed by atoms with Gasteiger partial charge in [0.25, 0.3) is 5.88 Å². The lowest BCUT2D eigenvalue weighted by Crippen LogP contribution is -2.11. The molecule has 2 rings (SSSR count). The van der Waals surface area contributed by atoms with Crippen LogP contribution in [0, 0.1) is 10.1 Å². The van der Waals surface area contributed by atoms with Crippen molar-refractivity contribution in [2.45, 2.75) is 13.0 Å². The predicted molar refractivity (Wildman–Crippen MR) is 78.1 cm³/mol. The van der Waals surface area contributed by atoms with E-state index in [-0.39, 0.29) is 23.4 Å². The molecule has 21 heavy (non-hydrogen) atoms. The van der Waals surface area contributed by atoms with Crippen LogP contribution in [-0.4, -0.2) is 22.0 Å². The van der Waals surface area contributed by atoms with Crippen molar-refractivity contribution in [1.29, 1.82) is 0 Å². The molecule has 1 unspecified atom stereocenters. The number of nitrogens with two attached hydrogens (primary N) is 1. The standard InChI is InChI=1S/C13H15N5O3/c1-8(9-3-5-10(14)6-4-9)17-12-11(18(19)20)13(21-2)16-7-15-12/h3-8H,14H2,1-2H3,(H,15,16,17). The molecule has 0 fully saturated rings. The normalized spacial score (nSPS) is 11.7. The number of rotatable bonds is 5. The van der Waals surface area contributed by atoms with E-state index in [0.717, 1.165) is 5.56 Å². The summed E-state index contributed by atoms with van der Waals surface area (Å²) < 4.78 is 4.90. The molecule has 1 heterocycles. The van der Waals surface area contributed by atoms with E-state index in [1.165, 1.54) is 13.4 Å². The first kappa shape index (κ1) is 14.5. The van der Waals surface area contributed by atoms with Crippen LogP contribution in [0.15, 0.2) is 30.6 Å². The number of ether oxygens (including phenoxy) is 1. The summed E-state index contributed by atoms with van der Waals surface area (Å²) in [5.41, 5.74) is 6.93. The first-order chi connectivity index (χ1) is 10.0. The number of hydrogen-bond acceptors (Lipinski definition) is 7. The van der Waals surface area contributed by atoms with E-state index in [0.29, 0.717) is 5.69 Å². The Bertz CT molecular complexity index is 645. The van der Waals surface area contributed by atoms with Gasteiger partial charge in [0, 0.05) is 5.69 Å². The fourth-order valence-corrected chi connectivity index (χ4v) is 1.86. The maximum atomic E-state index is 11.2. The van der Waals surface area contributed by atoms with Crippen molar-refractivity contribution < 1.29 is 9.66 Å². The molecule has 1 aromatic heterocycles. The highest BCUT2D eigenvalue weighted by Crippen LogP contribution is 2.32. The molecule has 3 N–H and O–H groups in total. The molecule has 0 saturated carbocycles. The SMILES string of the molecule is COc1ncnc(NC(C)c2ccc(N)cc2)c1[N+](=O)[O-]. The molecular formula is C13H15N5O3. The topological polar surface area (TPSA) is 116 Å². The summed E-state index contributed by atoms with van der Waals surface area (Å²) in [7, 11) is 1.32. The highest BCUT2D eigenvalue weighted by atomic mass is 16.6. The molecule has 1 atom stereocenters. The zero-order valence-corrected chi connectivity index (χ0v) is 11.6. The van der Waals surface area contributed by atoms with Crippen LogP contribution < -0.4 is 15.8 Å². The van der Waals surface area contributed by atoms with Crippen LogP contribution in [0.1, 0.15) is 18.5 Å². The number of methoxy groups -OCH3 is 1. The second-order valence-corrected chi connectivity index (χ2v) is 4.37. The van der Waals surface area contributed by atoms with Gasteiger partial charge in [-0.1, -0.05) is 12.1 Å². The summed E-state index contributed by atoms with van der Waals surface area (Å²) in [6.07, 6.45) is 1.21. The molecule has 110 valence electrons. The van der Waals surface area contributed by atoms with E-state index in [1.807, 2.05) is 19.1 Å². The molecule has 2 aromatic rings. The fourth-order valence-electron chi connectivity index (χ4n) is 1.86. The van der Waals surface area contributed by atoms with Gasteiger partial charge in [-0.05, 0) is 24.6 Å². The lowest BCUT2D eigenvalue weighted by molar-refractivity contribution is -0.385. The number of nitro groups is 1. The van der Waals surface area contributed by atoms with Crippen molar-refractivity contribution in [2.24, 2.45) is 0 Å². The van der Waals surface area contributed by atoms with Crippen LogP contribution in [0.2, 0.25) is 0 Å². The van der Waals surface area contributed by atoms with Gasteiger partial charge in [0.05, 0.1) is 18.1 Å². The summed E-state index contributed by atoms with van der Waals surface area (Å²) in [6, 6.07) is 7.03. The zero-order chi connectivity index (χ0) is 15.4. The number of nitrogen functional groups attached to an aromatic ring is 1. The molecule has 0 amide bonds. The van der Waals surface area contributed by atoms with Crippen LogP contribution in [0.4, 0.5) is 17.2 Å². The highest BCUT2D eigenvalue weighted by molar-refractivity contribution is 5.61. The van der Waals surface area contributed by atoms with E-state index in [4.69, 9.17) is 10.5 Å². The number of nitrogens with zero attached hydrogens (tertiary/aromatic N) is 3. The lowest BCUT2D eigenvalue weighted by atomic mass is 10.1. The second-order valence-electron chi connectivity index (χ2n) is 4.37.